The molecule has 312 valence electrons. The lowest BCUT2D eigenvalue weighted by molar-refractivity contribution is -0.347. The summed E-state index contributed by atoms with van der Waals surface area (Å²) in [5.74, 6) is -0.999. The standard InChI is InChI=1S/C22H36N7O17P3S.C4H8O/c1-22(2,17(33)20(34)25-4-3-13(31)24-5-6-50-11-30)8-43-49(40,41)46-48(38,39)42-7-12-16(45-47(35,36)37)15(32)21(44-12)29-10-28-14-18(23)26-9-27-19(14)29;1-4(2)3-5/h9-12,15-17,21,32-33H,3-8H2,1-2H3,(H,24,31)(H,25,34)(H,38,39)(H,40,41)(H2,23,26,27)(H2,35,36,37);3-4H,1-2H3/p-4. The monoisotopic (exact) mass is 863 g/mol. The Hall–Kier alpha value is -2.77. The van der Waals surface area contributed by atoms with Gasteiger partial charge in [0, 0.05) is 36.6 Å². The fraction of sp³-hybridized carbons (Fsp3) is 0.654. The van der Waals surface area contributed by atoms with Crippen LogP contribution in [0.2, 0.25) is 0 Å². The van der Waals surface area contributed by atoms with Gasteiger partial charge in [-0.1, -0.05) is 39.5 Å². The number of thioether (sulfide) groups is 1. The molecular weight excluding hydrogens is 823 g/mol. The molecule has 1 fully saturated rings. The van der Waals surface area contributed by atoms with E-state index < -0.39 is 84.6 Å². The molecule has 0 aromatic carbocycles. The van der Waals surface area contributed by atoms with Crippen LogP contribution in [0, 0.1) is 11.3 Å². The number of rotatable bonds is 21. The number of nitrogen functional groups attached to an aromatic ring is 1. The summed E-state index contributed by atoms with van der Waals surface area (Å²) in [6.45, 7) is 3.82. The normalized spacial score (nSPS) is 21.5. The van der Waals surface area contributed by atoms with Crippen molar-refractivity contribution in [2.45, 2.75) is 64.8 Å². The van der Waals surface area contributed by atoms with Crippen molar-refractivity contribution in [3.05, 3.63) is 12.7 Å². The van der Waals surface area contributed by atoms with E-state index in [0.29, 0.717) is 11.4 Å². The Morgan fingerprint density at radius 1 is 1.09 bits per heavy atom. The van der Waals surface area contributed by atoms with E-state index in [-0.39, 0.29) is 42.4 Å². The number of carbonyl (C=O) groups is 4. The predicted octanol–water partition coefficient (Wildman–Crippen LogP) is -3.36. The molecule has 7 atom stereocenters. The number of aromatic nitrogens is 4. The van der Waals surface area contributed by atoms with Crippen LogP contribution in [0.3, 0.4) is 0 Å². The Balaban J connectivity index is 0.00000196. The van der Waals surface area contributed by atoms with Crippen molar-refractivity contribution in [3.63, 3.8) is 0 Å². The molecule has 2 aromatic heterocycles. The van der Waals surface area contributed by atoms with Gasteiger partial charge in [-0.2, -0.15) is 0 Å². The third-order valence-electron chi connectivity index (χ3n) is 6.94. The van der Waals surface area contributed by atoms with E-state index in [2.05, 4.69) is 43.5 Å². The molecule has 3 heterocycles. The summed E-state index contributed by atoms with van der Waals surface area (Å²) in [5, 5.41) is 25.9. The van der Waals surface area contributed by atoms with Gasteiger partial charge in [0.15, 0.2) is 23.3 Å². The molecule has 7 unspecified atom stereocenters. The van der Waals surface area contributed by atoms with Crippen LogP contribution < -0.4 is 35.9 Å². The maximum Gasteiger partial charge on any atom is 0.274 e. The van der Waals surface area contributed by atoms with Crippen molar-refractivity contribution in [1.29, 1.82) is 0 Å². The van der Waals surface area contributed by atoms with Crippen LogP contribution >= 0.6 is 35.2 Å². The van der Waals surface area contributed by atoms with Gasteiger partial charge in [0.05, 0.1) is 27.4 Å². The van der Waals surface area contributed by atoms with E-state index in [1.807, 2.05) is 13.8 Å². The van der Waals surface area contributed by atoms with Gasteiger partial charge in [0.2, 0.25) is 11.8 Å². The van der Waals surface area contributed by atoms with Crippen LogP contribution in [0.5, 0.6) is 0 Å². The number of hydrogen-bond donors (Lipinski definition) is 5. The Bertz CT molecular complexity index is 1760. The van der Waals surface area contributed by atoms with Crippen LogP contribution in [0.1, 0.15) is 40.3 Å². The summed E-state index contributed by atoms with van der Waals surface area (Å²) in [6.07, 6.45) is -6.63. The quantitative estimate of drug-likeness (QED) is 0.0465. The maximum absolute atomic E-state index is 12.4. The van der Waals surface area contributed by atoms with Crippen LogP contribution in [-0.4, -0.2) is 110 Å². The number of imidazole rings is 1. The van der Waals surface area contributed by atoms with Crippen LogP contribution in [0.25, 0.3) is 11.2 Å². The van der Waals surface area contributed by atoms with Crippen molar-refractivity contribution in [1.82, 2.24) is 30.2 Å². The minimum atomic E-state index is -5.90. The second-order valence-electron chi connectivity index (χ2n) is 12.3. The topological polar surface area (TPSA) is 392 Å². The fourth-order valence-corrected chi connectivity index (χ4v) is 7.27. The van der Waals surface area contributed by atoms with E-state index in [4.69, 9.17) is 10.5 Å². The van der Waals surface area contributed by atoms with Crippen molar-refractivity contribution >= 4 is 75.9 Å². The number of aldehydes is 1. The van der Waals surface area contributed by atoms with Gasteiger partial charge in [-0.25, -0.2) is 19.3 Å². The van der Waals surface area contributed by atoms with Crippen LogP contribution in [0.4, 0.5) is 5.82 Å². The lowest BCUT2D eigenvalue weighted by Crippen LogP contribution is -2.46. The summed E-state index contributed by atoms with van der Waals surface area (Å²) in [6, 6.07) is 0. The third kappa shape index (κ3) is 15.9. The van der Waals surface area contributed by atoms with E-state index in [9.17, 15) is 62.7 Å². The van der Waals surface area contributed by atoms with Crippen molar-refractivity contribution in [3.8, 4) is 0 Å². The number of ether oxygens (including phenoxy) is 1. The number of aliphatic hydroxyl groups is 2. The SMILES string of the molecule is CC(C)(COP(=O)([O-])OP(=O)([O-])OCC1OC(n2cnc3c(N)ncnc32)C(O)C1OP(=O)([O-])[O-])C(O)C(=O)NCCC(=O)NCCSC=O.CC(C)C=O. The third-order valence-corrected chi connectivity index (χ3v) is 10.5. The molecule has 0 spiro atoms. The second kappa shape index (κ2) is 21.1. The number of carbonyl (C=O) groups excluding carboxylic acids is 4. The highest BCUT2D eigenvalue weighted by Crippen LogP contribution is 2.56. The smallest absolute Gasteiger partial charge is 0.274 e. The molecule has 25 nitrogen and oxygen atoms in total. The minimum absolute atomic E-state index is 0.0209. The Morgan fingerprint density at radius 2 is 1.73 bits per heavy atom. The number of hydrogen-bond acceptors (Lipinski definition) is 23. The number of nitrogens with one attached hydrogen (secondary N) is 2. The number of aliphatic hydroxyl groups excluding tert-OH is 2. The molecule has 6 N–H and O–H groups in total. The van der Waals surface area contributed by atoms with Gasteiger partial charge in [0.25, 0.3) is 15.6 Å². The molecule has 0 radical (unpaired) electrons. The molecule has 3 rings (SSSR count). The van der Waals surface area contributed by atoms with E-state index in [1.165, 1.54) is 13.8 Å². The largest absolute Gasteiger partial charge is 0.790 e. The first-order valence-electron chi connectivity index (χ1n) is 15.8. The molecular formula is C26H40N7O18P3S-4. The van der Waals surface area contributed by atoms with Gasteiger partial charge in [-0.15, -0.1) is 0 Å². The van der Waals surface area contributed by atoms with Crippen molar-refractivity contribution in [2.75, 3.05) is 37.8 Å². The Labute approximate surface area is 317 Å². The Morgan fingerprint density at radius 3 is 2.33 bits per heavy atom. The minimum Gasteiger partial charge on any atom is -0.790 e. The van der Waals surface area contributed by atoms with Gasteiger partial charge in [-0.3, -0.25) is 28.1 Å². The lowest BCUT2D eigenvalue weighted by atomic mass is 9.87. The highest BCUT2D eigenvalue weighted by Gasteiger charge is 2.47. The first-order chi connectivity index (χ1) is 25.4. The molecule has 1 aliphatic heterocycles. The Kier molecular flexibility index (Phi) is 18.6. The zero-order valence-corrected chi connectivity index (χ0v) is 33.1. The molecule has 2 aromatic rings. The number of nitrogens with zero attached hydrogens (tertiary/aromatic N) is 4. The molecule has 55 heavy (non-hydrogen) atoms. The average molecular weight is 864 g/mol. The summed E-state index contributed by atoms with van der Waals surface area (Å²) < 4.78 is 60.1. The van der Waals surface area contributed by atoms with E-state index in [0.717, 1.165) is 35.3 Å². The zero-order chi connectivity index (χ0) is 41.8. The van der Waals surface area contributed by atoms with Gasteiger partial charge in [0.1, 0.15) is 42.5 Å². The predicted molar refractivity (Wildman–Crippen MR) is 181 cm³/mol. The summed E-state index contributed by atoms with van der Waals surface area (Å²) in [5.41, 5.74) is 4.68. The molecule has 1 aliphatic rings. The van der Waals surface area contributed by atoms with Gasteiger partial charge in [-0.05, 0) is 0 Å². The molecule has 0 bridgehead atoms. The number of fused-ring (bicyclic) bond motifs is 1. The van der Waals surface area contributed by atoms with Gasteiger partial charge < -0.3 is 73.8 Å². The number of nitrogens with two attached hydrogens (primary N) is 1. The first kappa shape index (κ1) is 48.4. The number of phosphoric ester groups is 3. The lowest BCUT2D eigenvalue weighted by Gasteiger charge is -2.36. The van der Waals surface area contributed by atoms with Crippen LogP contribution in [-0.2, 0) is 55.5 Å². The molecule has 0 aliphatic carbocycles. The molecule has 2 amide bonds. The second-order valence-corrected chi connectivity index (χ2v) is 17.3. The molecule has 29 heteroatoms. The summed E-state index contributed by atoms with van der Waals surface area (Å²) in [4.78, 5) is 103. The summed E-state index contributed by atoms with van der Waals surface area (Å²) in [7, 11) is -17.6. The summed E-state index contributed by atoms with van der Waals surface area (Å²) >= 11 is 0.949. The van der Waals surface area contributed by atoms with E-state index in [1.54, 1.807) is 0 Å². The fourth-order valence-electron chi connectivity index (χ4n) is 4.21. The molecule has 1 saturated heterocycles. The average Bonchev–Trinajstić information content (AvgIpc) is 3.64. The van der Waals surface area contributed by atoms with Gasteiger partial charge >= 0.3 is 0 Å². The van der Waals surface area contributed by atoms with E-state index >= 15 is 0 Å². The molecule has 0 saturated carbocycles. The first-order valence-corrected chi connectivity index (χ1v) is 21.2. The highest BCUT2D eigenvalue weighted by atomic mass is 32.2. The number of amides is 2. The highest BCUT2D eigenvalue weighted by molar-refractivity contribution is 8.11. The maximum atomic E-state index is 12.4. The number of anilines is 1. The number of phosphoric acid groups is 3. The van der Waals surface area contributed by atoms with Crippen molar-refractivity contribution < 1.29 is 85.3 Å². The van der Waals surface area contributed by atoms with Crippen molar-refractivity contribution in [2.24, 2.45) is 11.3 Å². The zero-order valence-electron chi connectivity index (χ0n) is 29.6. The van der Waals surface area contributed by atoms with Crippen LogP contribution in [0.15, 0.2) is 12.7 Å².